The molecule has 6 N–H and O–H groups in total. The number of fused-ring (bicyclic) bond motifs is 1. The van der Waals surface area contributed by atoms with Gasteiger partial charge in [0.15, 0.2) is 29.3 Å². The Balaban J connectivity index is 1.25. The van der Waals surface area contributed by atoms with Gasteiger partial charge in [0.2, 0.25) is 5.82 Å². The number of rotatable bonds is 15. The van der Waals surface area contributed by atoms with Crippen molar-refractivity contribution in [2.75, 3.05) is 44.6 Å². The van der Waals surface area contributed by atoms with Gasteiger partial charge >= 0.3 is 6.03 Å². The Labute approximate surface area is 327 Å². The molecule has 0 aliphatic carbocycles. The summed E-state index contributed by atoms with van der Waals surface area (Å²) in [4.78, 5) is 57.5. The van der Waals surface area contributed by atoms with Crippen LogP contribution in [0.1, 0.15) is 74.9 Å². The molecule has 16 heteroatoms. The molecule has 2 aliphatic rings. The molecule has 56 heavy (non-hydrogen) atoms. The average Bonchev–Trinajstić information content (AvgIpc) is 3.91. The zero-order chi connectivity index (χ0) is 39.9. The van der Waals surface area contributed by atoms with Gasteiger partial charge in [0.05, 0.1) is 6.33 Å². The van der Waals surface area contributed by atoms with E-state index in [9.17, 15) is 24.6 Å². The quantitative estimate of drug-likeness (QED) is 0.104. The van der Waals surface area contributed by atoms with Gasteiger partial charge in [-0.05, 0) is 52.2 Å². The van der Waals surface area contributed by atoms with Crippen molar-refractivity contribution in [3.05, 3.63) is 83.9 Å². The summed E-state index contributed by atoms with van der Waals surface area (Å²) in [5, 5.41) is 33.9. The molecule has 0 bridgehead atoms. The first kappa shape index (κ1) is 40.5. The number of benzene rings is 2. The lowest BCUT2D eigenvalue weighted by Gasteiger charge is -2.30. The van der Waals surface area contributed by atoms with E-state index in [4.69, 9.17) is 9.72 Å². The number of ether oxygens (including phenoxy) is 1. The predicted octanol–water partition coefficient (Wildman–Crippen LogP) is 2.46. The fourth-order valence-corrected chi connectivity index (χ4v) is 7.55. The number of likely N-dealkylation sites (N-methyl/N-ethyl adjacent to an activating group) is 1. The molecule has 4 aromatic rings. The summed E-state index contributed by atoms with van der Waals surface area (Å²) in [6, 6.07) is 20.2. The largest absolute Gasteiger partial charge is 0.387 e. The van der Waals surface area contributed by atoms with Crippen molar-refractivity contribution < 1.29 is 29.3 Å². The van der Waals surface area contributed by atoms with Crippen LogP contribution in [-0.4, -0.2) is 133 Å². The molecule has 0 saturated carbocycles. The van der Waals surface area contributed by atoms with Crippen molar-refractivity contribution in [3.63, 3.8) is 0 Å². The number of carbonyl (C=O) groups is 3. The fraction of sp³-hybridized carbons (Fsp3) is 0.500. The van der Waals surface area contributed by atoms with Crippen molar-refractivity contribution in [2.24, 2.45) is 0 Å². The second-order valence-electron chi connectivity index (χ2n) is 14.9. The van der Waals surface area contributed by atoms with Crippen LogP contribution in [0.3, 0.4) is 0 Å². The van der Waals surface area contributed by atoms with E-state index in [0.29, 0.717) is 50.2 Å². The molecule has 2 aromatic heterocycles. The highest BCUT2D eigenvalue weighted by atomic mass is 16.6. The number of hydrogen-bond acceptors (Lipinski definition) is 11. The smallest absolute Gasteiger partial charge is 0.315 e. The summed E-state index contributed by atoms with van der Waals surface area (Å²) >= 11 is 0. The SMILES string of the molecule is CCNC(=O)[C@H]1O[C@@H](n2cnc3c(NCC(c4ccccc4)c4ccccc4)nc(C(=O)N4CC[C@@H](NC(=O)NCCN(C(C)C)C(C)C)C4)nc32)[C@H](O)[C@@H]1O. The molecule has 2 aliphatic heterocycles. The van der Waals surface area contributed by atoms with Crippen LogP contribution in [0.25, 0.3) is 11.2 Å². The van der Waals surface area contributed by atoms with Crippen molar-refractivity contribution in [1.29, 1.82) is 0 Å². The third-order valence-electron chi connectivity index (χ3n) is 10.4. The summed E-state index contributed by atoms with van der Waals surface area (Å²) in [6.45, 7) is 12.8. The van der Waals surface area contributed by atoms with Crippen LogP contribution in [0, 0.1) is 0 Å². The number of imidazole rings is 1. The number of aliphatic hydroxyl groups is 2. The number of nitrogens with zero attached hydrogens (tertiary/aromatic N) is 6. The van der Waals surface area contributed by atoms with E-state index in [2.05, 4.69) is 88.1 Å². The summed E-state index contributed by atoms with van der Waals surface area (Å²) in [6.07, 6.45) is -3.64. The summed E-state index contributed by atoms with van der Waals surface area (Å²) in [5.41, 5.74) is 2.62. The Morgan fingerprint density at radius 2 is 1.59 bits per heavy atom. The minimum Gasteiger partial charge on any atom is -0.387 e. The number of hydrogen-bond donors (Lipinski definition) is 6. The Morgan fingerprint density at radius 3 is 2.21 bits per heavy atom. The van der Waals surface area contributed by atoms with E-state index in [0.717, 1.165) is 17.7 Å². The minimum absolute atomic E-state index is 0.0907. The second-order valence-corrected chi connectivity index (χ2v) is 14.9. The Hall–Kier alpha value is -5.16. The maximum Gasteiger partial charge on any atom is 0.315 e. The third kappa shape index (κ3) is 9.10. The zero-order valence-electron chi connectivity index (χ0n) is 32.6. The van der Waals surface area contributed by atoms with E-state index >= 15 is 0 Å². The summed E-state index contributed by atoms with van der Waals surface area (Å²) in [5.74, 6) is -0.948. The van der Waals surface area contributed by atoms with Gasteiger partial charge in [0.25, 0.3) is 11.8 Å². The van der Waals surface area contributed by atoms with Gasteiger partial charge < -0.3 is 41.1 Å². The molecule has 0 radical (unpaired) electrons. The number of urea groups is 1. The lowest BCUT2D eigenvalue weighted by atomic mass is 9.91. The molecule has 4 heterocycles. The normalized spacial score (nSPS) is 21.1. The van der Waals surface area contributed by atoms with Gasteiger partial charge in [0.1, 0.15) is 12.2 Å². The molecule has 6 rings (SSSR count). The monoisotopic (exact) mass is 770 g/mol. The maximum atomic E-state index is 14.2. The highest BCUT2D eigenvalue weighted by Gasteiger charge is 2.48. The van der Waals surface area contributed by atoms with Crippen molar-refractivity contribution in [2.45, 2.75) is 89.6 Å². The molecule has 2 aromatic carbocycles. The van der Waals surface area contributed by atoms with Crippen molar-refractivity contribution in [3.8, 4) is 0 Å². The van der Waals surface area contributed by atoms with E-state index in [1.54, 1.807) is 11.8 Å². The number of likely N-dealkylation sites (tertiary alicyclic amines) is 1. The van der Waals surface area contributed by atoms with Crippen LogP contribution in [0.15, 0.2) is 67.0 Å². The van der Waals surface area contributed by atoms with Gasteiger partial charge in [-0.15, -0.1) is 0 Å². The van der Waals surface area contributed by atoms with Gasteiger partial charge in [-0.1, -0.05) is 60.7 Å². The molecular formula is C40H54N10O6. The lowest BCUT2D eigenvalue weighted by molar-refractivity contribution is -0.137. The standard InChI is InChI=1S/C40H54N10O6/c1-6-41-37(53)33-31(51)32(52)39(56-33)50-23-44-30-34(43-21-29(26-13-9-7-10-14-26)27-15-11-8-12-16-27)46-35(47-36(30)50)38(54)48-19-17-28(22-48)45-40(55)42-18-20-49(24(2)3)25(4)5/h7-16,23-25,28-29,31-33,39,51-52H,6,17-22H2,1-5H3,(H,41,53)(H2,42,45,55)(H,43,46,47)/t28-,31+,32-,33+,39-/m1/s1. The van der Waals surface area contributed by atoms with Gasteiger partial charge in [-0.3, -0.25) is 19.1 Å². The van der Waals surface area contributed by atoms with Crippen LogP contribution in [-0.2, 0) is 9.53 Å². The van der Waals surface area contributed by atoms with Crippen LogP contribution in [0.4, 0.5) is 10.6 Å². The third-order valence-corrected chi connectivity index (χ3v) is 10.4. The topological polar surface area (TPSA) is 199 Å². The zero-order valence-corrected chi connectivity index (χ0v) is 32.6. The highest BCUT2D eigenvalue weighted by molar-refractivity contribution is 5.95. The molecule has 4 amide bonds. The summed E-state index contributed by atoms with van der Waals surface area (Å²) < 4.78 is 7.32. The van der Waals surface area contributed by atoms with E-state index in [-0.39, 0.29) is 41.8 Å². The molecule has 2 fully saturated rings. The number of amides is 4. The van der Waals surface area contributed by atoms with Crippen LogP contribution in [0.2, 0.25) is 0 Å². The number of nitrogens with one attached hydrogen (secondary N) is 4. The molecule has 0 unspecified atom stereocenters. The van der Waals surface area contributed by atoms with E-state index < -0.39 is 36.4 Å². The lowest BCUT2D eigenvalue weighted by Crippen LogP contribution is -2.47. The minimum atomic E-state index is -1.52. The number of aromatic nitrogens is 4. The number of anilines is 1. The molecule has 300 valence electrons. The van der Waals surface area contributed by atoms with Gasteiger partial charge in [0, 0.05) is 63.3 Å². The van der Waals surface area contributed by atoms with E-state index in [1.165, 1.54) is 10.9 Å². The Kier molecular flexibility index (Phi) is 13.2. The first-order chi connectivity index (χ1) is 27.0. The first-order valence-corrected chi connectivity index (χ1v) is 19.4. The number of carbonyl (C=O) groups excluding carboxylic acids is 3. The molecule has 5 atom stereocenters. The highest BCUT2D eigenvalue weighted by Crippen LogP contribution is 2.33. The second kappa shape index (κ2) is 18.2. The predicted molar refractivity (Wildman–Crippen MR) is 211 cm³/mol. The summed E-state index contributed by atoms with van der Waals surface area (Å²) in [7, 11) is 0. The Morgan fingerprint density at radius 1 is 0.929 bits per heavy atom. The molecule has 0 spiro atoms. The van der Waals surface area contributed by atoms with Crippen molar-refractivity contribution in [1.82, 2.24) is 45.3 Å². The molecular weight excluding hydrogens is 717 g/mol. The molecule has 16 nitrogen and oxygen atoms in total. The average molecular weight is 771 g/mol. The molecule has 2 saturated heterocycles. The van der Waals surface area contributed by atoms with Crippen molar-refractivity contribution >= 4 is 34.8 Å². The van der Waals surface area contributed by atoms with Crippen LogP contribution < -0.4 is 21.3 Å². The van der Waals surface area contributed by atoms with Crippen LogP contribution >= 0.6 is 0 Å². The van der Waals surface area contributed by atoms with Gasteiger partial charge in [-0.25, -0.2) is 19.7 Å². The Bertz CT molecular complexity index is 1900. The van der Waals surface area contributed by atoms with Crippen LogP contribution in [0.5, 0.6) is 0 Å². The maximum absolute atomic E-state index is 14.2. The number of aliphatic hydroxyl groups excluding tert-OH is 2. The fourth-order valence-electron chi connectivity index (χ4n) is 7.55. The van der Waals surface area contributed by atoms with Gasteiger partial charge in [-0.2, -0.15) is 0 Å². The van der Waals surface area contributed by atoms with E-state index in [1.807, 2.05) is 36.4 Å². The first-order valence-electron chi connectivity index (χ1n) is 19.4.